The van der Waals surface area contributed by atoms with E-state index in [1.807, 2.05) is 22.7 Å². The van der Waals surface area contributed by atoms with Crippen molar-refractivity contribution in [3.63, 3.8) is 0 Å². The molecule has 61 heavy (non-hydrogen) atoms. The first kappa shape index (κ1) is 46.3. The lowest BCUT2D eigenvalue weighted by molar-refractivity contribution is 0.409. The number of thiophene rings is 2. The van der Waals surface area contributed by atoms with E-state index >= 15 is 0 Å². The second kappa shape index (κ2) is 24.4. The third-order valence-corrected chi connectivity index (χ3v) is 16.5. The standard InChI is InChI=1S/C54H78N4S3/c1-5-9-13-17-21-25-30-41(31-26-22-18-14-10-6-2)57-47-36-37-59-53(47)44-38-49-45(39-48(44)57)54-50(40-51(60-54)43-34-29-35-46-52(43)56-61-55-46)58(49)42(32-27-23-19-15-11-7-3)33-28-24-20-16-12-8-4/h29,34-42H,5-28,30-33H2,1-4H3. The number of benzene rings is 2. The third kappa shape index (κ3) is 11.5. The van der Waals surface area contributed by atoms with E-state index in [9.17, 15) is 0 Å². The van der Waals surface area contributed by atoms with Crippen molar-refractivity contribution in [3.8, 4) is 10.4 Å². The van der Waals surface area contributed by atoms with E-state index in [-0.39, 0.29) is 0 Å². The first-order valence-corrected chi connectivity index (χ1v) is 27.8. The first-order chi connectivity index (χ1) is 30.2. The number of hydrogen-bond donors (Lipinski definition) is 0. The van der Waals surface area contributed by atoms with E-state index in [0.717, 1.165) is 11.0 Å². The largest absolute Gasteiger partial charge is 0.337 e. The molecule has 332 valence electrons. The van der Waals surface area contributed by atoms with Gasteiger partial charge >= 0.3 is 0 Å². The number of nitrogens with zero attached hydrogens (tertiary/aromatic N) is 4. The van der Waals surface area contributed by atoms with E-state index in [0.29, 0.717) is 12.1 Å². The van der Waals surface area contributed by atoms with Gasteiger partial charge in [0.2, 0.25) is 0 Å². The highest BCUT2D eigenvalue weighted by Gasteiger charge is 2.26. The molecule has 2 aromatic carbocycles. The Bertz CT molecular complexity index is 2300. The minimum absolute atomic E-state index is 0.503. The van der Waals surface area contributed by atoms with Crippen molar-refractivity contribution >= 4 is 87.7 Å². The molecule has 0 aliphatic heterocycles. The Morgan fingerprint density at radius 2 is 0.951 bits per heavy atom. The van der Waals surface area contributed by atoms with Crippen molar-refractivity contribution in [2.75, 3.05) is 0 Å². The van der Waals surface area contributed by atoms with Gasteiger partial charge in [-0.3, -0.25) is 0 Å². The average molecular weight is 879 g/mol. The maximum atomic E-state index is 4.82. The lowest BCUT2D eigenvalue weighted by Crippen LogP contribution is -2.10. The summed E-state index contributed by atoms with van der Waals surface area (Å²) in [5.74, 6) is 0. The number of aromatic nitrogens is 4. The van der Waals surface area contributed by atoms with Crippen molar-refractivity contribution < 1.29 is 0 Å². The Balaban J connectivity index is 1.33. The van der Waals surface area contributed by atoms with Crippen molar-refractivity contribution in [2.24, 2.45) is 0 Å². The summed E-state index contributed by atoms with van der Waals surface area (Å²) in [5, 5.41) is 5.31. The molecule has 0 radical (unpaired) electrons. The summed E-state index contributed by atoms with van der Waals surface area (Å²) >= 11 is 5.31. The van der Waals surface area contributed by atoms with Gasteiger partial charge in [0.25, 0.3) is 0 Å². The first-order valence-electron chi connectivity index (χ1n) is 25.4. The molecule has 0 fully saturated rings. The lowest BCUT2D eigenvalue weighted by Gasteiger charge is -2.23. The number of unbranched alkanes of at least 4 members (excludes halogenated alkanes) is 20. The van der Waals surface area contributed by atoms with Gasteiger partial charge in [0.1, 0.15) is 11.0 Å². The highest BCUT2D eigenvalue weighted by atomic mass is 32.1. The van der Waals surface area contributed by atoms with Gasteiger partial charge in [0, 0.05) is 33.3 Å². The van der Waals surface area contributed by atoms with Crippen LogP contribution in [0, 0.1) is 0 Å². The monoisotopic (exact) mass is 879 g/mol. The molecular formula is C54H78N4S3. The van der Waals surface area contributed by atoms with Crippen LogP contribution in [-0.2, 0) is 0 Å². The van der Waals surface area contributed by atoms with E-state index in [1.165, 1.54) is 244 Å². The molecule has 4 nitrogen and oxygen atoms in total. The summed E-state index contributed by atoms with van der Waals surface area (Å²) in [4.78, 5) is 1.33. The molecule has 5 heterocycles. The zero-order chi connectivity index (χ0) is 42.2. The van der Waals surface area contributed by atoms with Crippen LogP contribution in [0.15, 0.2) is 47.8 Å². The second-order valence-electron chi connectivity index (χ2n) is 18.6. The fourth-order valence-electron chi connectivity index (χ4n) is 10.4. The fourth-order valence-corrected chi connectivity index (χ4v) is 13.1. The van der Waals surface area contributed by atoms with Gasteiger partial charge in [0.05, 0.1) is 43.2 Å². The Kier molecular flexibility index (Phi) is 18.5. The normalized spacial score (nSPS) is 12.4. The molecule has 0 saturated heterocycles. The third-order valence-electron chi connectivity index (χ3n) is 13.8. The van der Waals surface area contributed by atoms with Crippen molar-refractivity contribution in [3.05, 3.63) is 47.8 Å². The average Bonchev–Trinajstić information content (AvgIpc) is 4.12. The summed E-state index contributed by atoms with van der Waals surface area (Å²) in [6.07, 6.45) is 37.7. The summed E-state index contributed by atoms with van der Waals surface area (Å²) in [6, 6.07) is 17.9. The van der Waals surface area contributed by atoms with Gasteiger partial charge in [-0.1, -0.05) is 194 Å². The molecule has 0 unspecified atom stereocenters. The SMILES string of the molecule is CCCCCCCCC(CCCCCCCC)n1c2cc3c4sc(-c5cccc6nsnc56)cc4n(C(CCCCCCCC)CCCCCCCC)c3cc2c2sccc21. The summed E-state index contributed by atoms with van der Waals surface area (Å²) in [7, 11) is 0. The molecule has 0 amide bonds. The quantitative estimate of drug-likeness (QED) is 0.0407. The van der Waals surface area contributed by atoms with Gasteiger partial charge in [-0.2, -0.15) is 8.75 Å². The van der Waals surface area contributed by atoms with Gasteiger partial charge in [-0.05, 0) is 61.4 Å². The highest BCUT2D eigenvalue weighted by Crippen LogP contribution is 2.47. The zero-order valence-corrected chi connectivity index (χ0v) is 41.0. The smallest absolute Gasteiger partial charge is 0.113 e. The van der Waals surface area contributed by atoms with E-state index in [2.05, 4.69) is 89.0 Å². The number of rotatable bonds is 31. The van der Waals surface area contributed by atoms with Crippen LogP contribution in [0.25, 0.3) is 63.7 Å². The molecule has 0 aliphatic rings. The Morgan fingerprint density at radius 3 is 1.48 bits per heavy atom. The topological polar surface area (TPSA) is 35.6 Å². The predicted molar refractivity (Wildman–Crippen MR) is 275 cm³/mol. The molecule has 0 N–H and O–H groups in total. The summed E-state index contributed by atoms with van der Waals surface area (Å²) in [6.45, 7) is 9.33. The molecule has 7 heteroatoms. The van der Waals surface area contributed by atoms with Gasteiger partial charge < -0.3 is 9.13 Å². The fraction of sp³-hybridized carbons (Fsp3) is 0.630. The summed E-state index contributed by atoms with van der Waals surface area (Å²) in [5.41, 5.74) is 9.15. The molecule has 0 aliphatic carbocycles. The van der Waals surface area contributed by atoms with E-state index in [1.54, 1.807) is 0 Å². The minimum Gasteiger partial charge on any atom is -0.337 e. The number of fused-ring (bicyclic) bond motifs is 7. The zero-order valence-electron chi connectivity index (χ0n) is 38.6. The van der Waals surface area contributed by atoms with Crippen molar-refractivity contribution in [1.29, 1.82) is 0 Å². The maximum Gasteiger partial charge on any atom is 0.113 e. The van der Waals surface area contributed by atoms with Gasteiger partial charge in [-0.15, -0.1) is 22.7 Å². The highest BCUT2D eigenvalue weighted by molar-refractivity contribution is 7.23. The molecular weight excluding hydrogens is 801 g/mol. The van der Waals surface area contributed by atoms with Crippen molar-refractivity contribution in [1.82, 2.24) is 17.9 Å². The van der Waals surface area contributed by atoms with Gasteiger partial charge in [0.15, 0.2) is 0 Å². The van der Waals surface area contributed by atoms with Crippen LogP contribution in [-0.4, -0.2) is 17.9 Å². The van der Waals surface area contributed by atoms with Crippen molar-refractivity contribution in [2.45, 2.75) is 220 Å². The van der Waals surface area contributed by atoms with Crippen LogP contribution in [0.3, 0.4) is 0 Å². The minimum atomic E-state index is 0.503. The molecule has 0 saturated carbocycles. The van der Waals surface area contributed by atoms with Crippen LogP contribution in [0.2, 0.25) is 0 Å². The van der Waals surface area contributed by atoms with Gasteiger partial charge in [-0.25, -0.2) is 0 Å². The molecule has 7 aromatic rings. The van der Waals surface area contributed by atoms with Crippen LogP contribution >= 0.6 is 34.4 Å². The predicted octanol–water partition coefficient (Wildman–Crippen LogP) is 19.8. The summed E-state index contributed by atoms with van der Waals surface area (Å²) < 4.78 is 18.1. The van der Waals surface area contributed by atoms with E-state index in [4.69, 9.17) is 4.37 Å². The molecule has 0 spiro atoms. The molecule has 0 bridgehead atoms. The van der Waals surface area contributed by atoms with Crippen LogP contribution in [0.4, 0.5) is 0 Å². The molecule has 0 atom stereocenters. The lowest BCUT2D eigenvalue weighted by atomic mass is 9.99. The maximum absolute atomic E-state index is 4.82. The van der Waals surface area contributed by atoms with Crippen LogP contribution in [0.5, 0.6) is 0 Å². The Hall–Kier alpha value is -2.74. The second-order valence-corrected chi connectivity index (χ2v) is 21.1. The Labute approximate surface area is 381 Å². The molecule has 5 aromatic heterocycles. The molecule has 7 rings (SSSR count). The number of hydrogen-bond acceptors (Lipinski definition) is 5. The van der Waals surface area contributed by atoms with E-state index < -0.39 is 0 Å². The van der Waals surface area contributed by atoms with Crippen LogP contribution in [0.1, 0.15) is 220 Å². The Morgan fingerprint density at radius 1 is 0.475 bits per heavy atom. The van der Waals surface area contributed by atoms with Crippen LogP contribution < -0.4 is 0 Å².